The van der Waals surface area contributed by atoms with Crippen LogP contribution in [-0.2, 0) is 14.9 Å². The van der Waals surface area contributed by atoms with Crippen molar-refractivity contribution in [2.75, 3.05) is 18.9 Å². The van der Waals surface area contributed by atoms with Crippen LogP contribution in [0.4, 0.5) is 0 Å². The predicted octanol–water partition coefficient (Wildman–Crippen LogP) is 2.15. The van der Waals surface area contributed by atoms with E-state index in [0.717, 1.165) is 22.9 Å². The molecular formula is C13H19NO3S. The van der Waals surface area contributed by atoms with Gasteiger partial charge in [-0.1, -0.05) is 41.7 Å². The zero-order valence-corrected chi connectivity index (χ0v) is 11.4. The van der Waals surface area contributed by atoms with Crippen molar-refractivity contribution in [2.24, 2.45) is 0 Å². The summed E-state index contributed by atoms with van der Waals surface area (Å²) in [5.41, 5.74) is 1.04. The molecule has 1 atom stereocenters. The van der Waals surface area contributed by atoms with Gasteiger partial charge in [0.2, 0.25) is 10.0 Å². The Morgan fingerprint density at radius 3 is 2.61 bits per heavy atom. The van der Waals surface area contributed by atoms with Gasteiger partial charge in [-0.15, -0.1) is 0 Å². The molecule has 0 amide bonds. The normalized spacial score (nSPS) is 19.6. The van der Waals surface area contributed by atoms with E-state index in [0.29, 0.717) is 13.2 Å². The number of sulfonamides is 1. The summed E-state index contributed by atoms with van der Waals surface area (Å²) >= 11 is 0. The molecular weight excluding hydrogens is 250 g/mol. The van der Waals surface area contributed by atoms with Gasteiger partial charge in [0.05, 0.1) is 12.4 Å². The summed E-state index contributed by atoms with van der Waals surface area (Å²) in [5.74, 6) is 0.0681. The molecule has 18 heavy (non-hydrogen) atoms. The Morgan fingerprint density at radius 2 is 2.00 bits per heavy atom. The molecule has 1 unspecified atom stereocenters. The Hall–Kier alpha value is -0.910. The highest BCUT2D eigenvalue weighted by molar-refractivity contribution is 7.89. The second-order valence-corrected chi connectivity index (χ2v) is 6.56. The van der Waals surface area contributed by atoms with Gasteiger partial charge in [-0.05, 0) is 24.3 Å². The highest BCUT2D eigenvalue weighted by Gasteiger charge is 2.27. The molecule has 1 aromatic carbocycles. The molecule has 2 rings (SSSR count). The zero-order chi connectivity index (χ0) is 13.0. The van der Waals surface area contributed by atoms with Gasteiger partial charge in [0.25, 0.3) is 0 Å². The van der Waals surface area contributed by atoms with Crippen LogP contribution in [0, 0.1) is 0 Å². The number of hydrogen-bond donors (Lipinski definition) is 0. The van der Waals surface area contributed by atoms with Crippen molar-refractivity contribution >= 4 is 10.0 Å². The summed E-state index contributed by atoms with van der Waals surface area (Å²) in [6.45, 7) is 2.90. The van der Waals surface area contributed by atoms with Gasteiger partial charge in [0.1, 0.15) is 0 Å². The Balaban J connectivity index is 2.03. The minimum atomic E-state index is -3.32. The molecule has 1 aromatic rings. The molecule has 0 N–H and O–H groups in total. The molecule has 0 saturated carbocycles. The van der Waals surface area contributed by atoms with E-state index in [4.69, 9.17) is 4.84 Å². The molecule has 1 aliphatic heterocycles. The maximum Gasteiger partial charge on any atom is 0.236 e. The fourth-order valence-corrected chi connectivity index (χ4v) is 3.70. The van der Waals surface area contributed by atoms with Crippen LogP contribution in [-0.4, -0.2) is 31.8 Å². The fraction of sp³-hybridized carbons (Fsp3) is 0.538. The van der Waals surface area contributed by atoms with Gasteiger partial charge in [0, 0.05) is 6.54 Å². The van der Waals surface area contributed by atoms with Gasteiger partial charge in [-0.25, -0.2) is 8.42 Å². The number of hydroxylamine groups is 1. The zero-order valence-electron chi connectivity index (χ0n) is 10.6. The third-order valence-corrected chi connectivity index (χ3v) is 4.94. The predicted molar refractivity (Wildman–Crippen MR) is 70.5 cm³/mol. The van der Waals surface area contributed by atoms with E-state index in [1.165, 1.54) is 0 Å². The van der Waals surface area contributed by atoms with Crippen LogP contribution in [0.15, 0.2) is 30.3 Å². The Labute approximate surface area is 109 Å². The summed E-state index contributed by atoms with van der Waals surface area (Å²) in [5, 5.41) is 0. The number of rotatable bonds is 4. The summed E-state index contributed by atoms with van der Waals surface area (Å²) in [4.78, 5) is 5.22. The third kappa shape index (κ3) is 3.31. The second kappa shape index (κ2) is 5.82. The highest BCUT2D eigenvalue weighted by Crippen LogP contribution is 2.20. The summed E-state index contributed by atoms with van der Waals surface area (Å²) in [6.07, 6.45) is 1.80. The van der Waals surface area contributed by atoms with Crippen molar-refractivity contribution in [3.63, 3.8) is 0 Å². The van der Waals surface area contributed by atoms with Crippen LogP contribution in [0.25, 0.3) is 0 Å². The van der Waals surface area contributed by atoms with Crippen molar-refractivity contribution in [1.82, 2.24) is 4.47 Å². The number of hydrogen-bond acceptors (Lipinski definition) is 3. The molecule has 100 valence electrons. The Morgan fingerprint density at radius 1 is 1.28 bits per heavy atom. The molecule has 1 aliphatic rings. The first-order chi connectivity index (χ1) is 8.59. The minimum Gasteiger partial charge on any atom is -0.284 e. The number of benzene rings is 1. The second-order valence-electron chi connectivity index (χ2n) is 4.66. The third-order valence-electron chi connectivity index (χ3n) is 3.11. The van der Waals surface area contributed by atoms with E-state index in [1.807, 2.05) is 37.3 Å². The molecule has 1 saturated heterocycles. The smallest absolute Gasteiger partial charge is 0.236 e. The van der Waals surface area contributed by atoms with Gasteiger partial charge in [0.15, 0.2) is 0 Å². The van der Waals surface area contributed by atoms with Crippen molar-refractivity contribution < 1.29 is 13.3 Å². The topological polar surface area (TPSA) is 46.6 Å². The van der Waals surface area contributed by atoms with E-state index in [1.54, 1.807) is 0 Å². The monoisotopic (exact) mass is 269 g/mol. The lowest BCUT2D eigenvalue weighted by atomic mass is 10.0. The maximum absolute atomic E-state index is 12.2. The summed E-state index contributed by atoms with van der Waals surface area (Å²) < 4.78 is 25.5. The largest absolute Gasteiger partial charge is 0.284 e. The maximum atomic E-state index is 12.2. The first kappa shape index (κ1) is 13.5. The van der Waals surface area contributed by atoms with Gasteiger partial charge in [-0.3, -0.25) is 4.84 Å². The summed E-state index contributed by atoms with van der Waals surface area (Å²) in [6, 6.07) is 9.69. The van der Waals surface area contributed by atoms with Crippen LogP contribution in [0.2, 0.25) is 0 Å². The van der Waals surface area contributed by atoms with Crippen LogP contribution < -0.4 is 0 Å². The first-order valence-corrected chi connectivity index (χ1v) is 7.89. The standard InChI is InChI=1S/C13H19NO3S/c1-12(13-7-3-2-4-8-13)11-18(15,16)14-9-5-6-10-17-14/h2-4,7-8,12H,5-6,9-11H2,1H3. The minimum absolute atomic E-state index is 0.0262. The molecule has 0 bridgehead atoms. The highest BCUT2D eigenvalue weighted by atomic mass is 32.2. The Kier molecular flexibility index (Phi) is 4.37. The molecule has 1 fully saturated rings. The van der Waals surface area contributed by atoms with Crippen LogP contribution in [0.3, 0.4) is 0 Å². The van der Waals surface area contributed by atoms with Gasteiger partial charge in [-0.2, -0.15) is 0 Å². The quantitative estimate of drug-likeness (QED) is 0.841. The molecule has 0 aromatic heterocycles. The SMILES string of the molecule is CC(CS(=O)(=O)N1CCCCO1)c1ccccc1. The Bertz CT molecular complexity index is 466. The van der Waals surface area contributed by atoms with E-state index in [2.05, 4.69) is 0 Å². The molecule has 0 aliphatic carbocycles. The average molecular weight is 269 g/mol. The first-order valence-electron chi connectivity index (χ1n) is 6.28. The molecule has 1 heterocycles. The van der Waals surface area contributed by atoms with E-state index < -0.39 is 10.0 Å². The fourth-order valence-electron chi connectivity index (χ4n) is 2.07. The number of nitrogens with zero attached hydrogens (tertiary/aromatic N) is 1. The van der Waals surface area contributed by atoms with Crippen LogP contribution in [0.5, 0.6) is 0 Å². The summed E-state index contributed by atoms with van der Waals surface area (Å²) in [7, 11) is -3.32. The van der Waals surface area contributed by atoms with Crippen molar-refractivity contribution in [3.8, 4) is 0 Å². The lowest BCUT2D eigenvalue weighted by Crippen LogP contribution is -2.38. The average Bonchev–Trinajstić information content (AvgIpc) is 2.40. The van der Waals surface area contributed by atoms with Gasteiger partial charge >= 0.3 is 0 Å². The van der Waals surface area contributed by atoms with E-state index in [9.17, 15) is 8.42 Å². The van der Waals surface area contributed by atoms with Crippen molar-refractivity contribution in [2.45, 2.75) is 25.7 Å². The van der Waals surface area contributed by atoms with Gasteiger partial charge < -0.3 is 0 Å². The van der Waals surface area contributed by atoms with Crippen LogP contribution >= 0.6 is 0 Å². The lowest BCUT2D eigenvalue weighted by Gasteiger charge is -2.26. The van der Waals surface area contributed by atoms with Crippen LogP contribution in [0.1, 0.15) is 31.2 Å². The van der Waals surface area contributed by atoms with Crippen molar-refractivity contribution in [1.29, 1.82) is 0 Å². The molecule has 0 spiro atoms. The van der Waals surface area contributed by atoms with Crippen molar-refractivity contribution in [3.05, 3.63) is 35.9 Å². The lowest BCUT2D eigenvalue weighted by molar-refractivity contribution is -0.108. The molecule has 4 nitrogen and oxygen atoms in total. The van der Waals surface area contributed by atoms with E-state index >= 15 is 0 Å². The molecule has 5 heteroatoms. The molecule has 0 radical (unpaired) electrons. The van der Waals surface area contributed by atoms with E-state index in [-0.39, 0.29) is 11.7 Å².